The standard InChI is InChI=1S/C23H22ClNO4S/c1-16-11-13-19(14-12-16)30(27,28)25(21-9-6-7-17(2)18(21)3)23(26)15-29-22-10-5-4-8-20(22)24/h4-14H,15H2,1-3H3. The molecule has 156 valence electrons. The van der Waals surface area contributed by atoms with E-state index in [-0.39, 0.29) is 4.90 Å². The molecule has 5 nitrogen and oxygen atoms in total. The maximum Gasteiger partial charge on any atom is 0.278 e. The number of carbonyl (C=O) groups is 1. The number of nitrogens with zero attached hydrogens (tertiary/aromatic N) is 1. The second kappa shape index (κ2) is 8.90. The van der Waals surface area contributed by atoms with Crippen molar-refractivity contribution in [2.75, 3.05) is 10.9 Å². The van der Waals surface area contributed by atoms with Crippen molar-refractivity contribution in [1.29, 1.82) is 0 Å². The summed E-state index contributed by atoms with van der Waals surface area (Å²) in [4.78, 5) is 13.2. The van der Waals surface area contributed by atoms with Crippen LogP contribution in [-0.4, -0.2) is 20.9 Å². The predicted octanol–water partition coefficient (Wildman–Crippen LogP) is 5.07. The van der Waals surface area contributed by atoms with Crippen LogP contribution in [-0.2, 0) is 14.8 Å². The average molecular weight is 444 g/mol. The summed E-state index contributed by atoms with van der Waals surface area (Å²) < 4.78 is 33.3. The highest BCUT2D eigenvalue weighted by atomic mass is 35.5. The molecule has 0 aliphatic carbocycles. The third kappa shape index (κ3) is 4.50. The molecule has 0 aliphatic rings. The van der Waals surface area contributed by atoms with E-state index in [1.54, 1.807) is 55.5 Å². The summed E-state index contributed by atoms with van der Waals surface area (Å²) in [5.41, 5.74) is 2.78. The van der Waals surface area contributed by atoms with Gasteiger partial charge in [0.05, 0.1) is 15.6 Å². The van der Waals surface area contributed by atoms with Gasteiger partial charge in [-0.3, -0.25) is 4.79 Å². The third-order valence-electron chi connectivity index (χ3n) is 4.77. The number of rotatable bonds is 6. The Morgan fingerprint density at radius 3 is 2.27 bits per heavy atom. The van der Waals surface area contributed by atoms with Crippen LogP contribution in [0.4, 0.5) is 5.69 Å². The SMILES string of the molecule is Cc1ccc(S(=O)(=O)N(C(=O)COc2ccccc2Cl)c2cccc(C)c2C)cc1. The molecule has 3 aromatic rings. The number of carbonyl (C=O) groups excluding carboxylic acids is 1. The lowest BCUT2D eigenvalue weighted by Crippen LogP contribution is -2.40. The van der Waals surface area contributed by atoms with E-state index in [0.29, 0.717) is 22.0 Å². The summed E-state index contributed by atoms with van der Waals surface area (Å²) in [6.45, 7) is 5.02. The van der Waals surface area contributed by atoms with Crippen molar-refractivity contribution in [3.05, 3.63) is 88.4 Å². The molecule has 0 N–H and O–H groups in total. The Morgan fingerprint density at radius 1 is 0.933 bits per heavy atom. The fourth-order valence-electron chi connectivity index (χ4n) is 2.93. The summed E-state index contributed by atoms with van der Waals surface area (Å²) in [6.07, 6.45) is 0. The molecule has 0 saturated carbocycles. The van der Waals surface area contributed by atoms with Gasteiger partial charge in [-0.15, -0.1) is 0 Å². The van der Waals surface area contributed by atoms with Crippen LogP contribution in [0.25, 0.3) is 0 Å². The Morgan fingerprint density at radius 2 is 1.60 bits per heavy atom. The van der Waals surface area contributed by atoms with Gasteiger partial charge in [0, 0.05) is 0 Å². The molecule has 0 aromatic heterocycles. The van der Waals surface area contributed by atoms with Crippen LogP contribution in [0.5, 0.6) is 5.75 Å². The van der Waals surface area contributed by atoms with Gasteiger partial charge in [0.15, 0.2) is 6.61 Å². The predicted molar refractivity (Wildman–Crippen MR) is 119 cm³/mol. The highest BCUT2D eigenvalue weighted by Gasteiger charge is 2.32. The molecule has 0 unspecified atom stereocenters. The zero-order chi connectivity index (χ0) is 21.9. The van der Waals surface area contributed by atoms with Crippen molar-refractivity contribution >= 4 is 33.2 Å². The van der Waals surface area contributed by atoms with Crippen molar-refractivity contribution in [2.45, 2.75) is 25.7 Å². The van der Waals surface area contributed by atoms with E-state index >= 15 is 0 Å². The van der Waals surface area contributed by atoms with Gasteiger partial charge in [-0.25, -0.2) is 8.42 Å². The highest BCUT2D eigenvalue weighted by molar-refractivity contribution is 7.93. The van der Waals surface area contributed by atoms with Crippen LogP contribution in [0.3, 0.4) is 0 Å². The summed E-state index contributed by atoms with van der Waals surface area (Å²) in [7, 11) is -4.15. The Kier molecular flexibility index (Phi) is 6.48. The van der Waals surface area contributed by atoms with Crippen LogP contribution in [0.15, 0.2) is 71.6 Å². The molecule has 0 aliphatic heterocycles. The Hall–Kier alpha value is -2.83. The van der Waals surface area contributed by atoms with E-state index in [0.717, 1.165) is 15.4 Å². The highest BCUT2D eigenvalue weighted by Crippen LogP contribution is 2.30. The topological polar surface area (TPSA) is 63.7 Å². The first-order chi connectivity index (χ1) is 14.2. The average Bonchev–Trinajstić information content (AvgIpc) is 2.71. The number of benzene rings is 3. The quantitative estimate of drug-likeness (QED) is 0.533. The molecule has 0 heterocycles. The fourth-order valence-corrected chi connectivity index (χ4v) is 4.59. The summed E-state index contributed by atoms with van der Waals surface area (Å²) in [5.74, 6) is -0.412. The zero-order valence-corrected chi connectivity index (χ0v) is 18.5. The summed E-state index contributed by atoms with van der Waals surface area (Å²) in [5, 5.41) is 0.338. The van der Waals surface area contributed by atoms with E-state index in [9.17, 15) is 13.2 Å². The van der Waals surface area contributed by atoms with Gasteiger partial charge in [0.2, 0.25) is 0 Å². The Bertz CT molecular complexity index is 1170. The number of sulfonamides is 1. The van der Waals surface area contributed by atoms with Crippen LogP contribution in [0, 0.1) is 20.8 Å². The van der Waals surface area contributed by atoms with Gasteiger partial charge >= 0.3 is 0 Å². The third-order valence-corrected chi connectivity index (χ3v) is 6.83. The van der Waals surface area contributed by atoms with E-state index in [2.05, 4.69) is 0 Å². The monoisotopic (exact) mass is 443 g/mol. The molecule has 0 bridgehead atoms. The summed E-state index contributed by atoms with van der Waals surface area (Å²) >= 11 is 6.08. The Balaban J connectivity index is 2.03. The summed E-state index contributed by atoms with van der Waals surface area (Å²) in [6, 6.07) is 18.3. The number of anilines is 1. The molecular formula is C23H22ClNO4S. The van der Waals surface area contributed by atoms with Gasteiger partial charge in [-0.1, -0.05) is 53.6 Å². The number of amides is 1. The van der Waals surface area contributed by atoms with Crippen molar-refractivity contribution in [3.63, 3.8) is 0 Å². The minimum atomic E-state index is -4.15. The smallest absolute Gasteiger partial charge is 0.278 e. The lowest BCUT2D eigenvalue weighted by Gasteiger charge is -2.25. The van der Waals surface area contributed by atoms with Crippen LogP contribution < -0.4 is 9.04 Å². The van der Waals surface area contributed by atoms with Gasteiger partial charge in [0.1, 0.15) is 5.75 Å². The second-order valence-corrected chi connectivity index (χ2v) is 9.11. The first-order valence-corrected chi connectivity index (χ1v) is 11.1. The maximum atomic E-state index is 13.5. The van der Waals surface area contributed by atoms with Crippen LogP contribution in [0.2, 0.25) is 5.02 Å². The van der Waals surface area contributed by atoms with Crippen LogP contribution >= 0.6 is 11.6 Å². The Labute approximate surface area is 181 Å². The number of hydrogen-bond acceptors (Lipinski definition) is 4. The normalized spacial score (nSPS) is 11.2. The number of hydrogen-bond donors (Lipinski definition) is 0. The van der Waals surface area contributed by atoms with Crippen molar-refractivity contribution < 1.29 is 17.9 Å². The zero-order valence-electron chi connectivity index (χ0n) is 16.9. The molecule has 7 heteroatoms. The molecule has 1 amide bonds. The molecule has 3 aromatic carbocycles. The first kappa shape index (κ1) is 21.9. The largest absolute Gasteiger partial charge is 0.482 e. The lowest BCUT2D eigenvalue weighted by molar-refractivity contribution is -0.119. The molecular weight excluding hydrogens is 422 g/mol. The van der Waals surface area contributed by atoms with E-state index in [1.807, 2.05) is 19.9 Å². The van der Waals surface area contributed by atoms with E-state index in [4.69, 9.17) is 16.3 Å². The lowest BCUT2D eigenvalue weighted by atomic mass is 10.1. The van der Waals surface area contributed by atoms with Gasteiger partial charge in [0.25, 0.3) is 15.9 Å². The van der Waals surface area contributed by atoms with Gasteiger partial charge < -0.3 is 4.74 Å². The van der Waals surface area contributed by atoms with Gasteiger partial charge in [-0.05, 0) is 62.2 Å². The van der Waals surface area contributed by atoms with E-state index < -0.39 is 22.5 Å². The number of aryl methyl sites for hydroxylation is 2. The molecule has 0 spiro atoms. The first-order valence-electron chi connectivity index (χ1n) is 9.30. The molecule has 3 rings (SSSR count). The van der Waals surface area contributed by atoms with Crippen molar-refractivity contribution in [2.24, 2.45) is 0 Å². The number of halogens is 1. The van der Waals surface area contributed by atoms with Crippen LogP contribution in [0.1, 0.15) is 16.7 Å². The number of para-hydroxylation sites is 1. The molecule has 30 heavy (non-hydrogen) atoms. The molecule has 0 radical (unpaired) electrons. The molecule has 0 fully saturated rings. The van der Waals surface area contributed by atoms with E-state index in [1.165, 1.54) is 12.1 Å². The molecule has 0 atom stereocenters. The van der Waals surface area contributed by atoms with Crippen molar-refractivity contribution in [1.82, 2.24) is 0 Å². The minimum absolute atomic E-state index is 0.0279. The van der Waals surface area contributed by atoms with Gasteiger partial charge in [-0.2, -0.15) is 4.31 Å². The number of ether oxygens (including phenoxy) is 1. The van der Waals surface area contributed by atoms with Crippen molar-refractivity contribution in [3.8, 4) is 5.75 Å². The minimum Gasteiger partial charge on any atom is -0.482 e. The maximum absolute atomic E-state index is 13.5. The molecule has 0 saturated heterocycles. The second-order valence-electron chi connectivity index (χ2n) is 6.91. The fraction of sp³-hybridized carbons (Fsp3) is 0.174.